The second-order valence-electron chi connectivity index (χ2n) is 7.18. The first kappa shape index (κ1) is 18.2. The first-order valence-electron chi connectivity index (χ1n) is 9.72. The Morgan fingerprint density at radius 3 is 2.50 bits per heavy atom. The van der Waals surface area contributed by atoms with Crippen LogP contribution in [0.15, 0.2) is 60.7 Å². The number of allylic oxidation sites excluding steroid dienone is 3. The molecule has 142 valence electrons. The Morgan fingerprint density at radius 2 is 1.75 bits per heavy atom. The van der Waals surface area contributed by atoms with Crippen LogP contribution in [0.1, 0.15) is 51.6 Å². The lowest BCUT2D eigenvalue weighted by Crippen LogP contribution is -2.33. The molecule has 2 aliphatic rings. The van der Waals surface area contributed by atoms with E-state index in [1.807, 2.05) is 25.1 Å². The first-order chi connectivity index (χ1) is 13.6. The molecule has 0 saturated heterocycles. The summed E-state index contributed by atoms with van der Waals surface area (Å²) < 4.78 is 6.19. The first-order valence-corrected chi connectivity index (χ1v) is 9.72. The maximum atomic E-state index is 12.5. The van der Waals surface area contributed by atoms with Crippen molar-refractivity contribution in [1.29, 1.82) is 0 Å². The SMILES string of the molecule is C[C@@H](CCN1C(=O)c2ccccc2C1=O)Oc1cccc2c1C=CC=CCC2. The van der Waals surface area contributed by atoms with E-state index in [-0.39, 0.29) is 17.9 Å². The third kappa shape index (κ3) is 3.50. The topological polar surface area (TPSA) is 46.6 Å². The van der Waals surface area contributed by atoms with Crippen molar-refractivity contribution in [1.82, 2.24) is 4.90 Å². The van der Waals surface area contributed by atoms with Gasteiger partial charge in [0.25, 0.3) is 11.8 Å². The summed E-state index contributed by atoms with van der Waals surface area (Å²) in [4.78, 5) is 26.3. The summed E-state index contributed by atoms with van der Waals surface area (Å²) in [6.45, 7) is 2.32. The van der Waals surface area contributed by atoms with Gasteiger partial charge >= 0.3 is 0 Å². The zero-order valence-electron chi connectivity index (χ0n) is 15.9. The quantitative estimate of drug-likeness (QED) is 0.717. The minimum absolute atomic E-state index is 0.120. The normalized spacial score (nSPS) is 16.4. The largest absolute Gasteiger partial charge is 0.490 e. The summed E-state index contributed by atoms with van der Waals surface area (Å²) in [6.07, 6.45) is 10.8. The van der Waals surface area contributed by atoms with Gasteiger partial charge in [-0.2, -0.15) is 0 Å². The maximum Gasteiger partial charge on any atom is 0.261 e. The molecular formula is C24H23NO3. The van der Waals surface area contributed by atoms with Crippen LogP contribution in [0.25, 0.3) is 6.08 Å². The van der Waals surface area contributed by atoms with Crippen molar-refractivity contribution < 1.29 is 14.3 Å². The second kappa shape index (κ2) is 7.85. The molecule has 0 aromatic heterocycles. The lowest BCUT2D eigenvalue weighted by Gasteiger charge is -2.21. The number of carbonyl (C=O) groups excluding carboxylic acids is 2. The molecule has 2 amide bonds. The lowest BCUT2D eigenvalue weighted by molar-refractivity contribution is 0.0634. The Balaban J connectivity index is 1.43. The molecule has 0 fully saturated rings. The summed E-state index contributed by atoms with van der Waals surface area (Å²) >= 11 is 0. The van der Waals surface area contributed by atoms with Crippen molar-refractivity contribution in [2.45, 2.75) is 32.3 Å². The van der Waals surface area contributed by atoms with E-state index in [2.05, 4.69) is 24.3 Å². The van der Waals surface area contributed by atoms with E-state index in [1.165, 1.54) is 10.5 Å². The molecule has 1 heterocycles. The van der Waals surface area contributed by atoms with Gasteiger partial charge in [0.2, 0.25) is 0 Å². The van der Waals surface area contributed by atoms with E-state index in [4.69, 9.17) is 4.74 Å². The number of hydrogen-bond donors (Lipinski definition) is 0. The molecule has 4 heteroatoms. The Kier molecular flexibility index (Phi) is 5.11. The molecule has 2 aromatic rings. The van der Waals surface area contributed by atoms with Gasteiger partial charge in [-0.25, -0.2) is 0 Å². The molecule has 0 saturated carbocycles. The van der Waals surface area contributed by atoms with Crippen LogP contribution in [0.4, 0.5) is 0 Å². The van der Waals surface area contributed by atoms with E-state index in [0.29, 0.717) is 24.1 Å². The molecule has 0 spiro atoms. The molecule has 0 bridgehead atoms. The fraction of sp³-hybridized carbons (Fsp3) is 0.250. The van der Waals surface area contributed by atoms with Gasteiger partial charge < -0.3 is 4.74 Å². The molecule has 1 aliphatic carbocycles. The lowest BCUT2D eigenvalue weighted by atomic mass is 9.99. The number of nitrogens with zero attached hydrogens (tertiary/aromatic N) is 1. The van der Waals surface area contributed by atoms with Gasteiger partial charge in [0.05, 0.1) is 17.2 Å². The molecule has 28 heavy (non-hydrogen) atoms. The van der Waals surface area contributed by atoms with Crippen molar-refractivity contribution in [3.05, 3.63) is 82.9 Å². The number of hydrogen-bond acceptors (Lipinski definition) is 3. The zero-order valence-corrected chi connectivity index (χ0v) is 15.9. The van der Waals surface area contributed by atoms with Crippen LogP contribution in [-0.4, -0.2) is 29.4 Å². The maximum absolute atomic E-state index is 12.5. The van der Waals surface area contributed by atoms with Crippen molar-refractivity contribution in [3.8, 4) is 5.75 Å². The summed E-state index contributed by atoms with van der Waals surface area (Å²) in [5.74, 6) is 0.415. The average Bonchev–Trinajstić information content (AvgIpc) is 2.92. The van der Waals surface area contributed by atoms with Crippen LogP contribution in [0, 0.1) is 0 Å². The molecule has 4 rings (SSSR count). The Morgan fingerprint density at radius 1 is 1.00 bits per heavy atom. The number of carbonyl (C=O) groups is 2. The third-order valence-corrected chi connectivity index (χ3v) is 5.21. The van der Waals surface area contributed by atoms with Gasteiger partial charge in [0.15, 0.2) is 0 Å². The second-order valence-corrected chi connectivity index (χ2v) is 7.18. The van der Waals surface area contributed by atoms with Gasteiger partial charge in [-0.05, 0) is 43.5 Å². The fourth-order valence-electron chi connectivity index (χ4n) is 3.69. The molecule has 1 atom stereocenters. The molecule has 1 aliphatic heterocycles. The number of aryl methyl sites for hydroxylation is 1. The predicted octanol–water partition coefficient (Wildman–Crippen LogP) is 4.66. The Labute approximate surface area is 165 Å². The molecule has 4 nitrogen and oxygen atoms in total. The predicted molar refractivity (Wildman–Crippen MR) is 109 cm³/mol. The average molecular weight is 373 g/mol. The van der Waals surface area contributed by atoms with Crippen LogP contribution in [0.2, 0.25) is 0 Å². The number of imide groups is 1. The highest BCUT2D eigenvalue weighted by Gasteiger charge is 2.34. The Hall–Kier alpha value is -3.14. The molecule has 0 N–H and O–H groups in total. The minimum Gasteiger partial charge on any atom is -0.490 e. The standard InChI is InChI=1S/C24H23NO3/c1-17(15-16-25-23(26)20-12-6-7-13-21(20)24(25)27)28-22-14-8-10-18-9-4-2-3-5-11-19(18)22/h2-3,5-8,10-14,17H,4,9,15-16H2,1H3/t17-/m0/s1. The number of benzene rings is 2. The van der Waals surface area contributed by atoms with Crippen LogP contribution in [0.3, 0.4) is 0 Å². The van der Waals surface area contributed by atoms with Crippen LogP contribution < -0.4 is 4.74 Å². The Bertz CT molecular complexity index is 939. The highest BCUT2D eigenvalue weighted by molar-refractivity contribution is 6.21. The number of rotatable bonds is 5. The van der Waals surface area contributed by atoms with Gasteiger partial charge in [-0.1, -0.05) is 48.6 Å². The van der Waals surface area contributed by atoms with Crippen LogP contribution in [-0.2, 0) is 6.42 Å². The monoisotopic (exact) mass is 373 g/mol. The summed E-state index contributed by atoms with van der Waals surface area (Å²) in [7, 11) is 0. The third-order valence-electron chi connectivity index (χ3n) is 5.21. The van der Waals surface area contributed by atoms with E-state index >= 15 is 0 Å². The molecule has 2 aromatic carbocycles. The molecule has 0 radical (unpaired) electrons. The zero-order chi connectivity index (χ0) is 19.5. The van der Waals surface area contributed by atoms with Crippen LogP contribution >= 0.6 is 0 Å². The van der Waals surface area contributed by atoms with Crippen molar-refractivity contribution in [2.75, 3.05) is 6.54 Å². The van der Waals surface area contributed by atoms with E-state index in [1.54, 1.807) is 24.3 Å². The van der Waals surface area contributed by atoms with Gasteiger partial charge in [0.1, 0.15) is 5.75 Å². The fourth-order valence-corrected chi connectivity index (χ4v) is 3.69. The van der Waals surface area contributed by atoms with Gasteiger partial charge in [0, 0.05) is 18.5 Å². The highest BCUT2D eigenvalue weighted by Crippen LogP contribution is 2.28. The van der Waals surface area contributed by atoms with E-state index in [9.17, 15) is 9.59 Å². The van der Waals surface area contributed by atoms with Gasteiger partial charge in [-0.15, -0.1) is 0 Å². The van der Waals surface area contributed by atoms with Crippen LogP contribution in [0.5, 0.6) is 5.75 Å². The number of fused-ring (bicyclic) bond motifs is 2. The minimum atomic E-state index is -0.215. The van der Waals surface area contributed by atoms with Crippen molar-refractivity contribution in [2.24, 2.45) is 0 Å². The summed E-state index contributed by atoms with van der Waals surface area (Å²) in [5, 5.41) is 0. The van der Waals surface area contributed by atoms with Crippen molar-refractivity contribution in [3.63, 3.8) is 0 Å². The molecule has 0 unspecified atom stereocenters. The summed E-state index contributed by atoms with van der Waals surface area (Å²) in [5.41, 5.74) is 3.36. The number of ether oxygens (including phenoxy) is 1. The summed E-state index contributed by atoms with van der Waals surface area (Å²) in [6, 6.07) is 13.1. The van der Waals surface area contributed by atoms with Gasteiger partial charge in [-0.3, -0.25) is 14.5 Å². The van der Waals surface area contributed by atoms with Crippen molar-refractivity contribution >= 4 is 17.9 Å². The number of amides is 2. The highest BCUT2D eigenvalue weighted by atomic mass is 16.5. The molecular weight excluding hydrogens is 350 g/mol. The van der Waals surface area contributed by atoms with E-state index in [0.717, 1.165) is 24.2 Å². The smallest absolute Gasteiger partial charge is 0.261 e. The van der Waals surface area contributed by atoms with E-state index < -0.39 is 0 Å².